The molecule has 0 amide bonds. The molecule has 0 N–H and O–H groups in total. The largest absolute Gasteiger partial charge is 0.298 e. The lowest BCUT2D eigenvalue weighted by molar-refractivity contribution is 0.923. The molecule has 4 aromatic heterocycles. The second kappa shape index (κ2) is 10.5. The molecule has 4 heterocycles. The van der Waals surface area contributed by atoms with Gasteiger partial charge in [0.15, 0.2) is 0 Å². The predicted octanol–water partition coefficient (Wildman–Crippen LogP) is 10.2. The first-order chi connectivity index (χ1) is 23.8. The molecule has 48 heavy (non-hydrogen) atoms. The Morgan fingerprint density at radius 1 is 0.542 bits per heavy atom. The molecule has 5 nitrogen and oxygen atoms in total. The van der Waals surface area contributed by atoms with Crippen molar-refractivity contribution in [3.05, 3.63) is 169 Å². The van der Waals surface area contributed by atoms with Crippen molar-refractivity contribution in [3.8, 4) is 22.5 Å². The molecule has 9 aromatic rings. The first kappa shape index (κ1) is 26.7. The van der Waals surface area contributed by atoms with Crippen molar-refractivity contribution in [3.63, 3.8) is 0 Å². The van der Waals surface area contributed by atoms with Gasteiger partial charge in [-0.3, -0.25) is 4.40 Å². The maximum absolute atomic E-state index is 5.28. The highest BCUT2D eigenvalue weighted by Gasteiger charge is 2.23. The normalized spacial score (nSPS) is 14.5. The fourth-order valence-corrected chi connectivity index (χ4v) is 7.17. The second-order valence-corrected chi connectivity index (χ2v) is 12.3. The number of para-hydroxylation sites is 1. The minimum Gasteiger partial charge on any atom is -0.298 e. The summed E-state index contributed by atoms with van der Waals surface area (Å²) in [5.74, 6) is 0.621. The van der Waals surface area contributed by atoms with Crippen LogP contribution in [0.15, 0.2) is 158 Å². The highest BCUT2D eigenvalue weighted by Crippen LogP contribution is 2.38. The van der Waals surface area contributed by atoms with E-state index in [1.54, 1.807) is 0 Å². The fourth-order valence-electron chi connectivity index (χ4n) is 7.17. The summed E-state index contributed by atoms with van der Waals surface area (Å²) in [6.45, 7) is 0. The number of rotatable bonds is 4. The monoisotopic (exact) mass is 613 g/mol. The maximum atomic E-state index is 5.28. The van der Waals surface area contributed by atoms with E-state index in [0.717, 1.165) is 67.2 Å². The fraction of sp³-hybridized carbons (Fsp3) is 0.0233. The molecular weight excluding hydrogens is 587 g/mol. The average molecular weight is 614 g/mol. The van der Waals surface area contributed by atoms with Crippen LogP contribution in [0.4, 0.5) is 0 Å². The molecule has 0 bridgehead atoms. The van der Waals surface area contributed by atoms with Crippen LogP contribution in [-0.2, 0) is 0 Å². The van der Waals surface area contributed by atoms with Gasteiger partial charge in [0.1, 0.15) is 17.0 Å². The highest BCUT2D eigenvalue weighted by atomic mass is 15.0. The van der Waals surface area contributed by atoms with Crippen LogP contribution in [0.3, 0.4) is 0 Å². The molecule has 224 valence electrons. The molecule has 1 aliphatic carbocycles. The third-order valence-corrected chi connectivity index (χ3v) is 9.43. The summed E-state index contributed by atoms with van der Waals surface area (Å²) in [5, 5.41) is 5.75. The van der Waals surface area contributed by atoms with Crippen molar-refractivity contribution in [2.24, 2.45) is 0 Å². The van der Waals surface area contributed by atoms with E-state index in [9.17, 15) is 0 Å². The number of pyridine rings is 2. The van der Waals surface area contributed by atoms with Crippen LogP contribution >= 0.6 is 0 Å². The number of fused-ring (bicyclic) bond motifs is 7. The Morgan fingerprint density at radius 3 is 1.90 bits per heavy atom. The molecule has 0 fully saturated rings. The van der Waals surface area contributed by atoms with Crippen molar-refractivity contribution < 1.29 is 0 Å². The van der Waals surface area contributed by atoms with E-state index in [1.807, 2.05) is 30.3 Å². The van der Waals surface area contributed by atoms with Crippen molar-refractivity contribution in [2.75, 3.05) is 0 Å². The molecule has 0 spiro atoms. The molecule has 0 aliphatic heterocycles. The Morgan fingerprint density at radius 2 is 1.17 bits per heavy atom. The zero-order valence-corrected chi connectivity index (χ0v) is 25.8. The van der Waals surface area contributed by atoms with Gasteiger partial charge in [-0.2, -0.15) is 0 Å². The van der Waals surface area contributed by atoms with Crippen LogP contribution in [-0.4, -0.2) is 24.3 Å². The summed E-state index contributed by atoms with van der Waals surface area (Å²) in [6.07, 6.45) is 8.66. The van der Waals surface area contributed by atoms with Gasteiger partial charge in [0.2, 0.25) is 0 Å². The minimum absolute atomic E-state index is 0.133. The Balaban J connectivity index is 1.18. The highest BCUT2D eigenvalue weighted by molar-refractivity contribution is 6.08. The molecule has 5 heteroatoms. The van der Waals surface area contributed by atoms with E-state index in [4.69, 9.17) is 19.9 Å². The summed E-state index contributed by atoms with van der Waals surface area (Å²) >= 11 is 0. The summed E-state index contributed by atoms with van der Waals surface area (Å²) in [5.41, 5.74) is 9.71. The van der Waals surface area contributed by atoms with E-state index in [-0.39, 0.29) is 5.92 Å². The second-order valence-electron chi connectivity index (χ2n) is 12.3. The van der Waals surface area contributed by atoms with Gasteiger partial charge in [-0.15, -0.1) is 0 Å². The number of hydrogen-bond acceptors (Lipinski definition) is 4. The van der Waals surface area contributed by atoms with Gasteiger partial charge < -0.3 is 0 Å². The molecule has 10 rings (SSSR count). The van der Waals surface area contributed by atoms with Gasteiger partial charge in [-0.25, -0.2) is 19.9 Å². The quantitative estimate of drug-likeness (QED) is 0.198. The Kier molecular flexibility index (Phi) is 5.87. The Bertz CT molecular complexity index is 2700. The standard InChI is InChI=1S/C43H27N5/c1-3-15-31-27(11-1)13-9-18-33(31)37-26-38(34-19-10-14-28-12-2-4-16-32(28)34)46-43(45-37)30-23-22-29(25-30)40-42-41(35-17-5-6-20-36(35)44-40)47-39-21-7-8-24-48(39)42/h1-26,30H. The van der Waals surface area contributed by atoms with Crippen molar-refractivity contribution in [2.45, 2.75) is 5.92 Å². The summed E-state index contributed by atoms with van der Waals surface area (Å²) < 4.78 is 2.14. The zero-order chi connectivity index (χ0) is 31.6. The van der Waals surface area contributed by atoms with Crippen molar-refractivity contribution in [1.29, 1.82) is 0 Å². The third-order valence-electron chi connectivity index (χ3n) is 9.43. The van der Waals surface area contributed by atoms with E-state index < -0.39 is 0 Å². The number of allylic oxidation sites excluding steroid dienone is 4. The average Bonchev–Trinajstić information content (AvgIpc) is 3.80. The summed E-state index contributed by atoms with van der Waals surface area (Å²) in [4.78, 5) is 20.8. The van der Waals surface area contributed by atoms with E-state index in [1.165, 1.54) is 21.5 Å². The summed E-state index contributed by atoms with van der Waals surface area (Å²) in [6, 6.07) is 46.3. The van der Waals surface area contributed by atoms with Gasteiger partial charge in [0, 0.05) is 22.7 Å². The molecule has 5 aromatic carbocycles. The maximum Gasteiger partial charge on any atom is 0.140 e. The molecule has 1 aliphatic rings. The van der Waals surface area contributed by atoms with Gasteiger partial charge in [-0.1, -0.05) is 127 Å². The lowest BCUT2D eigenvalue weighted by Gasteiger charge is -2.14. The zero-order valence-electron chi connectivity index (χ0n) is 25.8. The van der Waals surface area contributed by atoms with E-state index in [2.05, 4.69) is 132 Å². The van der Waals surface area contributed by atoms with Gasteiger partial charge in [0.25, 0.3) is 0 Å². The van der Waals surface area contributed by atoms with E-state index in [0.29, 0.717) is 0 Å². The van der Waals surface area contributed by atoms with Crippen LogP contribution in [0.25, 0.3) is 77.2 Å². The molecular formula is C43H27N5. The molecule has 1 atom stereocenters. The van der Waals surface area contributed by atoms with Crippen LogP contribution in [0.5, 0.6) is 0 Å². The SMILES string of the molecule is C1=CC(c2nc(-c3cccc4ccccc34)cc(-c3cccc4ccccc34)n2)C=C1c1nc2ccccc2c2nc3ccccn3c12. The lowest BCUT2D eigenvalue weighted by atomic mass is 9.98. The molecule has 1 unspecified atom stereocenters. The first-order valence-corrected chi connectivity index (χ1v) is 16.2. The molecule has 0 radical (unpaired) electrons. The first-order valence-electron chi connectivity index (χ1n) is 16.2. The number of imidazole rings is 1. The summed E-state index contributed by atoms with van der Waals surface area (Å²) in [7, 11) is 0. The minimum atomic E-state index is -0.133. The van der Waals surface area contributed by atoms with Gasteiger partial charge >= 0.3 is 0 Å². The smallest absolute Gasteiger partial charge is 0.140 e. The third kappa shape index (κ3) is 4.18. The number of nitrogens with zero attached hydrogens (tertiary/aromatic N) is 5. The number of aromatic nitrogens is 5. The van der Waals surface area contributed by atoms with Crippen LogP contribution in [0.1, 0.15) is 17.4 Å². The lowest BCUT2D eigenvalue weighted by Crippen LogP contribution is -2.03. The van der Waals surface area contributed by atoms with E-state index >= 15 is 0 Å². The van der Waals surface area contributed by atoms with Crippen LogP contribution < -0.4 is 0 Å². The number of hydrogen-bond donors (Lipinski definition) is 0. The number of benzene rings is 5. The Labute approximate surface area is 276 Å². The topological polar surface area (TPSA) is 56.0 Å². The molecule has 0 saturated heterocycles. The molecule has 0 saturated carbocycles. The van der Waals surface area contributed by atoms with Gasteiger partial charge in [0.05, 0.1) is 34.0 Å². The Hall–Kier alpha value is -6.46. The van der Waals surface area contributed by atoms with Crippen LogP contribution in [0, 0.1) is 0 Å². The van der Waals surface area contributed by atoms with Crippen LogP contribution in [0.2, 0.25) is 0 Å². The van der Waals surface area contributed by atoms with Gasteiger partial charge in [-0.05, 0) is 51.4 Å². The predicted molar refractivity (Wildman–Crippen MR) is 196 cm³/mol. The van der Waals surface area contributed by atoms with Crippen molar-refractivity contribution in [1.82, 2.24) is 24.3 Å². The van der Waals surface area contributed by atoms with Crippen molar-refractivity contribution >= 4 is 54.7 Å².